The lowest BCUT2D eigenvalue weighted by Gasteiger charge is -2.12. The quantitative estimate of drug-likeness (QED) is 0.838. The van der Waals surface area contributed by atoms with E-state index in [0.29, 0.717) is 11.4 Å². The molecule has 0 aliphatic carbocycles. The van der Waals surface area contributed by atoms with Crippen LogP contribution in [-0.2, 0) is 4.79 Å². The number of nitrogens with one attached hydrogen (secondary N) is 1. The molecular formula is C10H9BrClNO. The zero-order valence-electron chi connectivity index (χ0n) is 7.39. The number of hydrogen-bond donors (Lipinski definition) is 1. The van der Waals surface area contributed by atoms with Crippen LogP contribution in [0.15, 0.2) is 22.7 Å². The molecule has 1 unspecified atom stereocenters. The Kier molecular flexibility index (Phi) is 2.79. The maximum Gasteiger partial charge on any atom is 0.220 e. The van der Waals surface area contributed by atoms with Gasteiger partial charge in [-0.1, -0.05) is 27.5 Å². The largest absolute Gasteiger partial charge is 0.349 e. The molecule has 0 aromatic heterocycles. The summed E-state index contributed by atoms with van der Waals surface area (Å²) in [4.78, 5) is 11.1. The molecule has 1 aromatic rings. The number of amides is 1. The van der Waals surface area contributed by atoms with Gasteiger partial charge in [-0.15, -0.1) is 0 Å². The maximum absolute atomic E-state index is 11.1. The summed E-state index contributed by atoms with van der Waals surface area (Å²) in [6, 6.07) is 5.73. The van der Waals surface area contributed by atoms with Crippen LogP contribution in [0.1, 0.15) is 24.4 Å². The summed E-state index contributed by atoms with van der Waals surface area (Å²) >= 11 is 9.35. The fourth-order valence-corrected chi connectivity index (χ4v) is 2.33. The van der Waals surface area contributed by atoms with Gasteiger partial charge in [0.05, 0.1) is 6.04 Å². The second kappa shape index (κ2) is 3.91. The van der Waals surface area contributed by atoms with Crippen molar-refractivity contribution >= 4 is 33.4 Å². The molecule has 1 amide bonds. The molecule has 74 valence electrons. The van der Waals surface area contributed by atoms with Crippen LogP contribution in [0.4, 0.5) is 0 Å². The number of benzene rings is 1. The van der Waals surface area contributed by atoms with E-state index in [1.54, 1.807) is 0 Å². The normalized spacial score (nSPS) is 21.0. The molecule has 1 saturated heterocycles. The SMILES string of the molecule is O=C1CCC(c2cc(Cl)ccc2Br)N1. The molecule has 14 heavy (non-hydrogen) atoms. The predicted octanol–water partition coefficient (Wildman–Crippen LogP) is 3.05. The highest BCUT2D eigenvalue weighted by Crippen LogP contribution is 2.31. The van der Waals surface area contributed by atoms with Crippen LogP contribution in [0.5, 0.6) is 0 Å². The van der Waals surface area contributed by atoms with Gasteiger partial charge in [0.1, 0.15) is 0 Å². The first-order valence-electron chi connectivity index (χ1n) is 4.41. The minimum absolute atomic E-state index is 0.107. The molecule has 1 N–H and O–H groups in total. The van der Waals surface area contributed by atoms with Crippen LogP contribution in [0.25, 0.3) is 0 Å². The Bertz CT molecular complexity index is 380. The fourth-order valence-electron chi connectivity index (χ4n) is 1.63. The van der Waals surface area contributed by atoms with Gasteiger partial charge in [-0.3, -0.25) is 4.79 Å². The zero-order chi connectivity index (χ0) is 10.1. The minimum atomic E-state index is 0.107. The Labute approximate surface area is 95.8 Å². The van der Waals surface area contributed by atoms with Crippen LogP contribution in [0.3, 0.4) is 0 Å². The minimum Gasteiger partial charge on any atom is -0.349 e. The van der Waals surface area contributed by atoms with Crippen LogP contribution < -0.4 is 5.32 Å². The second-order valence-electron chi connectivity index (χ2n) is 3.32. The van der Waals surface area contributed by atoms with E-state index in [1.165, 1.54) is 0 Å². The lowest BCUT2D eigenvalue weighted by molar-refractivity contribution is -0.119. The van der Waals surface area contributed by atoms with Crippen LogP contribution in [0.2, 0.25) is 5.02 Å². The zero-order valence-corrected chi connectivity index (χ0v) is 9.73. The summed E-state index contributed by atoms with van der Waals surface area (Å²) in [6.07, 6.45) is 1.45. The third-order valence-corrected chi connectivity index (χ3v) is 3.29. The van der Waals surface area contributed by atoms with Crippen molar-refractivity contribution in [2.45, 2.75) is 18.9 Å². The number of rotatable bonds is 1. The molecular weight excluding hydrogens is 265 g/mol. The molecule has 1 aliphatic rings. The monoisotopic (exact) mass is 273 g/mol. The van der Waals surface area contributed by atoms with Gasteiger partial charge >= 0.3 is 0 Å². The van der Waals surface area contributed by atoms with Crippen molar-refractivity contribution in [1.29, 1.82) is 0 Å². The lowest BCUT2D eigenvalue weighted by atomic mass is 10.1. The lowest BCUT2D eigenvalue weighted by Crippen LogP contribution is -2.18. The average molecular weight is 275 g/mol. The Morgan fingerprint density at radius 1 is 1.50 bits per heavy atom. The highest BCUT2D eigenvalue weighted by Gasteiger charge is 2.23. The molecule has 1 aliphatic heterocycles. The Hall–Kier alpha value is -0.540. The summed E-state index contributed by atoms with van der Waals surface area (Å²) in [5.41, 5.74) is 1.06. The third kappa shape index (κ3) is 1.93. The topological polar surface area (TPSA) is 29.1 Å². The van der Waals surface area contributed by atoms with Crippen molar-refractivity contribution in [1.82, 2.24) is 5.32 Å². The first-order valence-corrected chi connectivity index (χ1v) is 5.58. The van der Waals surface area contributed by atoms with Crippen molar-refractivity contribution in [3.8, 4) is 0 Å². The van der Waals surface area contributed by atoms with Crippen LogP contribution >= 0.6 is 27.5 Å². The van der Waals surface area contributed by atoms with E-state index in [1.807, 2.05) is 18.2 Å². The van der Waals surface area contributed by atoms with E-state index in [9.17, 15) is 4.79 Å². The first kappa shape index (κ1) is 9.99. The maximum atomic E-state index is 11.1. The number of carbonyl (C=O) groups excluding carboxylic acids is 1. The van der Waals surface area contributed by atoms with Gasteiger partial charge in [0.25, 0.3) is 0 Å². The highest BCUT2D eigenvalue weighted by molar-refractivity contribution is 9.10. The highest BCUT2D eigenvalue weighted by atomic mass is 79.9. The summed E-state index contributed by atoms with van der Waals surface area (Å²) in [7, 11) is 0. The van der Waals surface area contributed by atoms with Gasteiger partial charge < -0.3 is 5.32 Å². The fraction of sp³-hybridized carbons (Fsp3) is 0.300. The first-order chi connectivity index (χ1) is 6.66. The molecule has 0 spiro atoms. The van der Waals surface area contributed by atoms with Crippen molar-refractivity contribution < 1.29 is 4.79 Å². The summed E-state index contributed by atoms with van der Waals surface area (Å²) in [5.74, 6) is 0.113. The Balaban J connectivity index is 2.31. The second-order valence-corrected chi connectivity index (χ2v) is 4.62. The van der Waals surface area contributed by atoms with E-state index in [0.717, 1.165) is 16.5 Å². The molecule has 1 atom stereocenters. The molecule has 0 saturated carbocycles. The van der Waals surface area contributed by atoms with E-state index < -0.39 is 0 Å². The molecule has 1 aromatic carbocycles. The van der Waals surface area contributed by atoms with Crippen molar-refractivity contribution in [2.75, 3.05) is 0 Å². The molecule has 0 bridgehead atoms. The summed E-state index contributed by atoms with van der Waals surface area (Å²) < 4.78 is 0.995. The summed E-state index contributed by atoms with van der Waals surface area (Å²) in [5, 5.41) is 3.61. The van der Waals surface area contributed by atoms with Gasteiger partial charge in [0.15, 0.2) is 0 Å². The molecule has 1 fully saturated rings. The molecule has 2 nitrogen and oxygen atoms in total. The third-order valence-electron chi connectivity index (χ3n) is 2.33. The smallest absolute Gasteiger partial charge is 0.220 e. The number of carbonyl (C=O) groups is 1. The van der Waals surface area contributed by atoms with Gasteiger partial charge in [-0.2, -0.15) is 0 Å². The molecule has 0 radical (unpaired) electrons. The predicted molar refractivity (Wildman–Crippen MR) is 59.3 cm³/mol. The van der Waals surface area contributed by atoms with Crippen molar-refractivity contribution in [3.05, 3.63) is 33.3 Å². The molecule has 4 heteroatoms. The van der Waals surface area contributed by atoms with E-state index >= 15 is 0 Å². The van der Waals surface area contributed by atoms with Crippen LogP contribution in [-0.4, -0.2) is 5.91 Å². The van der Waals surface area contributed by atoms with E-state index in [-0.39, 0.29) is 11.9 Å². The van der Waals surface area contributed by atoms with Gasteiger partial charge in [-0.05, 0) is 30.2 Å². The van der Waals surface area contributed by atoms with Crippen LogP contribution in [0, 0.1) is 0 Å². The number of hydrogen-bond acceptors (Lipinski definition) is 1. The van der Waals surface area contributed by atoms with E-state index in [2.05, 4.69) is 21.2 Å². The average Bonchev–Trinajstić information content (AvgIpc) is 2.56. The molecule has 2 rings (SSSR count). The van der Waals surface area contributed by atoms with Gasteiger partial charge in [-0.25, -0.2) is 0 Å². The van der Waals surface area contributed by atoms with Gasteiger partial charge in [0.2, 0.25) is 5.91 Å². The van der Waals surface area contributed by atoms with Crippen molar-refractivity contribution in [3.63, 3.8) is 0 Å². The Morgan fingerprint density at radius 2 is 2.29 bits per heavy atom. The van der Waals surface area contributed by atoms with Crippen molar-refractivity contribution in [2.24, 2.45) is 0 Å². The van der Waals surface area contributed by atoms with Gasteiger partial charge in [0, 0.05) is 15.9 Å². The van der Waals surface area contributed by atoms with E-state index in [4.69, 9.17) is 11.6 Å². The number of halogens is 2. The Morgan fingerprint density at radius 3 is 2.93 bits per heavy atom. The molecule has 1 heterocycles. The standard InChI is InChI=1S/C10H9BrClNO/c11-8-2-1-6(12)5-7(8)9-3-4-10(14)13-9/h1-2,5,9H,3-4H2,(H,13,14). The summed E-state index contributed by atoms with van der Waals surface area (Å²) in [6.45, 7) is 0.